The van der Waals surface area contributed by atoms with Gasteiger partial charge in [0.05, 0.1) is 5.92 Å². The van der Waals surface area contributed by atoms with Gasteiger partial charge in [-0.05, 0) is 39.3 Å². The molecular weight excluding hydrogens is 266 g/mol. The molecule has 0 spiro atoms. The Bertz CT molecular complexity index is 567. The summed E-state index contributed by atoms with van der Waals surface area (Å²) in [6.45, 7) is 7.83. The van der Waals surface area contributed by atoms with Crippen molar-refractivity contribution in [3.05, 3.63) is 29.3 Å². The van der Waals surface area contributed by atoms with E-state index in [4.69, 9.17) is 4.74 Å². The summed E-state index contributed by atoms with van der Waals surface area (Å²) < 4.78 is 6.10. The zero-order chi connectivity index (χ0) is 15.2. The van der Waals surface area contributed by atoms with Crippen molar-refractivity contribution in [3.63, 3.8) is 0 Å². The van der Waals surface area contributed by atoms with Gasteiger partial charge in [-0.2, -0.15) is 0 Å². The topological polar surface area (TPSA) is 49.8 Å². The number of ether oxygens (including phenoxy) is 1. The Morgan fingerprint density at radius 3 is 2.90 bits per heavy atom. The molecule has 0 radical (unpaired) electrons. The van der Waals surface area contributed by atoms with E-state index in [1.807, 2.05) is 6.92 Å². The number of carbonyl (C=O) groups is 1. The quantitative estimate of drug-likeness (QED) is 0.929. The number of hydrogen-bond donors (Lipinski definition) is 1. The molecule has 2 heterocycles. The van der Waals surface area contributed by atoms with Crippen molar-refractivity contribution >= 4 is 5.97 Å². The van der Waals surface area contributed by atoms with Crippen LogP contribution in [0.15, 0.2) is 18.2 Å². The van der Waals surface area contributed by atoms with Gasteiger partial charge in [0.1, 0.15) is 11.4 Å². The Morgan fingerprint density at radius 2 is 2.24 bits per heavy atom. The summed E-state index contributed by atoms with van der Waals surface area (Å²) in [6, 6.07) is 6.38. The number of carboxylic acids is 1. The molecule has 2 aliphatic heterocycles. The van der Waals surface area contributed by atoms with Crippen LogP contribution in [0.1, 0.15) is 38.3 Å². The Kier molecular flexibility index (Phi) is 3.44. The third kappa shape index (κ3) is 2.64. The second-order valence-electron chi connectivity index (χ2n) is 6.89. The minimum absolute atomic E-state index is 0.0766. The maximum absolute atomic E-state index is 11.2. The SMILES string of the molecule is CC1C(C(=O)O)CCN1Cc1cccc2c1OC(C)(C)C2. The van der Waals surface area contributed by atoms with Gasteiger partial charge in [-0.3, -0.25) is 9.69 Å². The summed E-state index contributed by atoms with van der Waals surface area (Å²) in [5.41, 5.74) is 2.30. The number of aliphatic carboxylic acids is 1. The third-order valence-electron chi connectivity index (χ3n) is 4.75. The van der Waals surface area contributed by atoms with E-state index in [0.29, 0.717) is 0 Å². The lowest BCUT2D eigenvalue weighted by atomic mass is 10.00. The van der Waals surface area contributed by atoms with Gasteiger partial charge >= 0.3 is 5.97 Å². The first kappa shape index (κ1) is 14.4. The van der Waals surface area contributed by atoms with Crippen LogP contribution >= 0.6 is 0 Å². The van der Waals surface area contributed by atoms with Crippen LogP contribution in [0.5, 0.6) is 5.75 Å². The first-order chi connectivity index (χ1) is 9.87. The molecule has 4 heteroatoms. The Balaban J connectivity index is 1.79. The smallest absolute Gasteiger partial charge is 0.308 e. The molecule has 4 nitrogen and oxygen atoms in total. The molecule has 1 N–H and O–H groups in total. The van der Waals surface area contributed by atoms with Gasteiger partial charge in [0, 0.05) is 24.6 Å². The molecule has 1 saturated heterocycles. The maximum Gasteiger partial charge on any atom is 0.308 e. The van der Waals surface area contributed by atoms with Crippen LogP contribution in [0.3, 0.4) is 0 Å². The molecule has 2 unspecified atom stereocenters. The molecule has 0 aromatic heterocycles. The number of nitrogens with zero attached hydrogens (tertiary/aromatic N) is 1. The van der Waals surface area contributed by atoms with Crippen molar-refractivity contribution in [3.8, 4) is 5.75 Å². The molecular formula is C17H23NO3. The van der Waals surface area contributed by atoms with Crippen molar-refractivity contribution in [1.29, 1.82) is 0 Å². The van der Waals surface area contributed by atoms with Crippen molar-refractivity contribution < 1.29 is 14.6 Å². The van der Waals surface area contributed by atoms with Crippen LogP contribution < -0.4 is 4.74 Å². The average Bonchev–Trinajstić information content (AvgIpc) is 2.89. The summed E-state index contributed by atoms with van der Waals surface area (Å²) in [5, 5.41) is 9.24. The largest absolute Gasteiger partial charge is 0.487 e. The van der Waals surface area contributed by atoms with Crippen molar-refractivity contribution in [2.24, 2.45) is 5.92 Å². The molecule has 21 heavy (non-hydrogen) atoms. The summed E-state index contributed by atoms with van der Waals surface area (Å²) in [5.74, 6) is 0.0771. The molecule has 0 bridgehead atoms. The molecule has 114 valence electrons. The van der Waals surface area contributed by atoms with Gasteiger partial charge in [-0.1, -0.05) is 18.2 Å². The highest BCUT2D eigenvalue weighted by Crippen LogP contribution is 2.39. The molecule has 2 atom stereocenters. The molecule has 1 aromatic carbocycles. The highest BCUT2D eigenvalue weighted by Gasteiger charge is 2.37. The number of hydrogen-bond acceptors (Lipinski definition) is 3. The van der Waals surface area contributed by atoms with E-state index in [0.717, 1.165) is 31.7 Å². The van der Waals surface area contributed by atoms with Crippen LogP contribution in [0.4, 0.5) is 0 Å². The standard InChI is InChI=1S/C17H23NO3/c1-11-14(16(19)20)7-8-18(11)10-13-6-4-5-12-9-17(2,3)21-15(12)13/h4-6,11,14H,7-10H2,1-3H3,(H,19,20). The Morgan fingerprint density at radius 1 is 1.48 bits per heavy atom. The fourth-order valence-corrected chi connectivity index (χ4v) is 3.58. The lowest BCUT2D eigenvalue weighted by Gasteiger charge is -2.24. The van der Waals surface area contributed by atoms with E-state index in [2.05, 4.69) is 36.9 Å². The number of para-hydroxylation sites is 1. The third-order valence-corrected chi connectivity index (χ3v) is 4.75. The van der Waals surface area contributed by atoms with Gasteiger partial charge in [-0.15, -0.1) is 0 Å². The van der Waals surface area contributed by atoms with Crippen LogP contribution in [0, 0.1) is 5.92 Å². The average molecular weight is 289 g/mol. The molecule has 2 aliphatic rings. The summed E-state index contributed by atoms with van der Waals surface area (Å²) in [6.07, 6.45) is 1.67. The minimum atomic E-state index is -0.680. The number of benzene rings is 1. The molecule has 1 fully saturated rings. The Labute approximate surface area is 125 Å². The van der Waals surface area contributed by atoms with E-state index < -0.39 is 5.97 Å². The van der Waals surface area contributed by atoms with Crippen LogP contribution in [0.25, 0.3) is 0 Å². The predicted octanol–water partition coefficient (Wildman–Crippen LogP) is 2.70. The van der Waals surface area contributed by atoms with Gasteiger partial charge in [0.2, 0.25) is 0 Å². The molecule has 0 amide bonds. The van der Waals surface area contributed by atoms with Gasteiger partial charge in [0.15, 0.2) is 0 Å². The predicted molar refractivity (Wildman–Crippen MR) is 80.5 cm³/mol. The first-order valence-corrected chi connectivity index (χ1v) is 7.64. The second kappa shape index (κ2) is 5.02. The van der Waals surface area contributed by atoms with E-state index in [9.17, 15) is 9.90 Å². The fourth-order valence-electron chi connectivity index (χ4n) is 3.58. The van der Waals surface area contributed by atoms with Gasteiger partial charge in [-0.25, -0.2) is 0 Å². The highest BCUT2D eigenvalue weighted by molar-refractivity contribution is 5.71. The van der Waals surface area contributed by atoms with Crippen molar-refractivity contribution in [2.45, 2.75) is 51.8 Å². The number of likely N-dealkylation sites (tertiary alicyclic amines) is 1. The molecule has 0 aliphatic carbocycles. The van der Waals surface area contributed by atoms with Gasteiger partial charge < -0.3 is 9.84 Å². The number of carboxylic acid groups (broad SMARTS) is 1. The normalized spacial score (nSPS) is 27.4. The van der Waals surface area contributed by atoms with Gasteiger partial charge in [0.25, 0.3) is 0 Å². The Hall–Kier alpha value is -1.55. The van der Waals surface area contributed by atoms with E-state index in [-0.39, 0.29) is 17.6 Å². The van der Waals surface area contributed by atoms with E-state index in [1.54, 1.807) is 0 Å². The van der Waals surface area contributed by atoms with Crippen LogP contribution in [0.2, 0.25) is 0 Å². The second-order valence-corrected chi connectivity index (χ2v) is 6.89. The van der Waals surface area contributed by atoms with E-state index in [1.165, 1.54) is 11.1 Å². The lowest BCUT2D eigenvalue weighted by molar-refractivity contribution is -0.142. The molecule has 1 aromatic rings. The summed E-state index contributed by atoms with van der Waals surface area (Å²) >= 11 is 0. The maximum atomic E-state index is 11.2. The number of rotatable bonds is 3. The van der Waals surface area contributed by atoms with Crippen LogP contribution in [-0.2, 0) is 17.8 Å². The van der Waals surface area contributed by atoms with Crippen molar-refractivity contribution in [1.82, 2.24) is 4.90 Å². The fraction of sp³-hybridized carbons (Fsp3) is 0.588. The zero-order valence-electron chi connectivity index (χ0n) is 12.9. The molecule has 3 rings (SSSR count). The zero-order valence-corrected chi connectivity index (χ0v) is 12.9. The lowest BCUT2D eigenvalue weighted by Crippen LogP contribution is -2.32. The molecule has 0 saturated carbocycles. The van der Waals surface area contributed by atoms with Crippen molar-refractivity contribution in [2.75, 3.05) is 6.54 Å². The van der Waals surface area contributed by atoms with Crippen LogP contribution in [-0.4, -0.2) is 34.2 Å². The summed E-state index contributed by atoms with van der Waals surface area (Å²) in [4.78, 5) is 13.5. The van der Waals surface area contributed by atoms with E-state index >= 15 is 0 Å². The first-order valence-electron chi connectivity index (χ1n) is 7.64. The summed E-state index contributed by atoms with van der Waals surface area (Å²) in [7, 11) is 0. The highest BCUT2D eigenvalue weighted by atomic mass is 16.5. The minimum Gasteiger partial charge on any atom is -0.487 e. The monoisotopic (exact) mass is 289 g/mol. The number of fused-ring (bicyclic) bond motifs is 1.